The lowest BCUT2D eigenvalue weighted by molar-refractivity contribution is -0.147. The van der Waals surface area contributed by atoms with Crippen LogP contribution in [-0.2, 0) is 14.3 Å². The Balaban J connectivity index is 1.64. The number of hydrogen-bond acceptors (Lipinski definition) is 6. The molecule has 0 aliphatic rings. The van der Waals surface area contributed by atoms with Gasteiger partial charge in [-0.2, -0.15) is 0 Å². The second-order valence-electron chi connectivity index (χ2n) is 6.65. The summed E-state index contributed by atoms with van der Waals surface area (Å²) in [6, 6.07) is 21.1. The molecule has 162 valence electrons. The first-order valence-electron chi connectivity index (χ1n) is 9.98. The summed E-state index contributed by atoms with van der Waals surface area (Å²) in [4.78, 5) is 11.5. The maximum absolute atomic E-state index is 11.5. The van der Waals surface area contributed by atoms with E-state index in [1.54, 1.807) is 0 Å². The molecule has 0 fully saturated rings. The van der Waals surface area contributed by atoms with E-state index in [1.165, 1.54) is 7.11 Å². The first-order chi connectivity index (χ1) is 15.2. The summed E-state index contributed by atoms with van der Waals surface area (Å²) in [6.45, 7) is 4.63. The van der Waals surface area contributed by atoms with Crippen molar-refractivity contribution in [3.8, 4) is 17.2 Å². The first-order valence-corrected chi connectivity index (χ1v) is 9.98. The number of esters is 1. The average molecular weight is 422 g/mol. The normalized spacial score (nSPS) is 11.5. The topological polar surface area (TPSA) is 63.2 Å². The van der Waals surface area contributed by atoms with E-state index in [1.807, 2.05) is 66.7 Å². The highest BCUT2D eigenvalue weighted by Gasteiger charge is 2.15. The van der Waals surface area contributed by atoms with Crippen molar-refractivity contribution in [2.45, 2.75) is 6.10 Å². The molecule has 0 aliphatic heterocycles. The van der Waals surface area contributed by atoms with Crippen LogP contribution in [-0.4, -0.2) is 45.6 Å². The third-order valence-electron chi connectivity index (χ3n) is 4.42. The Bertz CT molecular complexity index is 986. The van der Waals surface area contributed by atoms with Gasteiger partial charge in [-0.3, -0.25) is 0 Å². The highest BCUT2D eigenvalue weighted by atomic mass is 16.6. The minimum atomic E-state index is -0.541. The number of ether oxygens (including phenoxy) is 5. The Morgan fingerprint density at radius 3 is 2.10 bits per heavy atom. The van der Waals surface area contributed by atoms with Crippen LogP contribution in [0.3, 0.4) is 0 Å². The summed E-state index contributed by atoms with van der Waals surface area (Å²) in [5.74, 6) is 1.70. The van der Waals surface area contributed by atoms with Gasteiger partial charge in [-0.1, -0.05) is 49.0 Å². The van der Waals surface area contributed by atoms with Gasteiger partial charge in [0.05, 0.1) is 6.61 Å². The van der Waals surface area contributed by atoms with Crippen molar-refractivity contribution in [1.29, 1.82) is 0 Å². The Kier molecular flexibility index (Phi) is 8.31. The van der Waals surface area contributed by atoms with Gasteiger partial charge < -0.3 is 23.7 Å². The summed E-state index contributed by atoms with van der Waals surface area (Å²) >= 11 is 0. The van der Waals surface area contributed by atoms with Gasteiger partial charge in [0, 0.05) is 24.0 Å². The Labute approximate surface area is 181 Å². The number of hydrogen-bond donors (Lipinski definition) is 0. The first kappa shape index (κ1) is 22.2. The Hall–Kier alpha value is -3.51. The van der Waals surface area contributed by atoms with Gasteiger partial charge in [-0.15, -0.1) is 0 Å². The smallest absolute Gasteiger partial charge is 0.330 e. The molecule has 6 nitrogen and oxygen atoms in total. The van der Waals surface area contributed by atoms with Crippen LogP contribution in [0.25, 0.3) is 10.8 Å². The second kappa shape index (κ2) is 11.6. The number of carbonyl (C=O) groups excluding carboxylic acids is 1. The molecule has 0 heterocycles. The summed E-state index contributed by atoms with van der Waals surface area (Å²) in [5, 5.41) is 1.82. The standard InChI is InChI=1S/C25H26O6/c1-3-25(26)31-20(17-27-2)18-30-24-14-13-23(21-11-7-8-12-22(21)24)29-16-15-28-19-9-5-4-6-10-19/h3-14,20H,1,15-18H2,2H3. The molecule has 3 aromatic carbocycles. The predicted molar refractivity (Wildman–Crippen MR) is 119 cm³/mol. The van der Waals surface area contributed by atoms with Crippen molar-refractivity contribution in [3.05, 3.63) is 79.4 Å². The van der Waals surface area contributed by atoms with Crippen LogP contribution in [0.1, 0.15) is 0 Å². The lowest BCUT2D eigenvalue weighted by Gasteiger charge is -2.18. The van der Waals surface area contributed by atoms with Gasteiger partial charge >= 0.3 is 5.97 Å². The number of para-hydroxylation sites is 1. The molecule has 3 rings (SSSR count). The van der Waals surface area contributed by atoms with Crippen molar-refractivity contribution >= 4 is 16.7 Å². The summed E-state index contributed by atoms with van der Waals surface area (Å²) in [7, 11) is 1.54. The molecule has 31 heavy (non-hydrogen) atoms. The summed E-state index contributed by atoms with van der Waals surface area (Å²) in [6.07, 6.45) is 0.575. The van der Waals surface area contributed by atoms with Crippen LogP contribution in [0.2, 0.25) is 0 Å². The van der Waals surface area contributed by atoms with E-state index in [0.717, 1.165) is 28.3 Å². The molecule has 0 aromatic heterocycles. The number of rotatable bonds is 12. The molecule has 1 unspecified atom stereocenters. The van der Waals surface area contributed by atoms with Crippen molar-refractivity contribution in [2.24, 2.45) is 0 Å². The van der Waals surface area contributed by atoms with Crippen LogP contribution in [0.4, 0.5) is 0 Å². The number of carbonyl (C=O) groups is 1. The maximum atomic E-state index is 11.5. The van der Waals surface area contributed by atoms with E-state index in [9.17, 15) is 4.79 Å². The van der Waals surface area contributed by atoms with Crippen LogP contribution in [0, 0.1) is 0 Å². The van der Waals surface area contributed by atoms with Gasteiger partial charge in [0.2, 0.25) is 0 Å². The molecule has 0 amide bonds. The van der Waals surface area contributed by atoms with Gasteiger partial charge in [-0.05, 0) is 24.3 Å². The fourth-order valence-electron chi connectivity index (χ4n) is 3.02. The molecular formula is C25H26O6. The minimum Gasteiger partial charge on any atom is -0.490 e. The Morgan fingerprint density at radius 2 is 1.45 bits per heavy atom. The van der Waals surface area contributed by atoms with Crippen molar-refractivity contribution in [2.75, 3.05) is 33.5 Å². The van der Waals surface area contributed by atoms with E-state index >= 15 is 0 Å². The predicted octanol–water partition coefficient (Wildman–Crippen LogP) is 4.42. The monoisotopic (exact) mass is 422 g/mol. The number of fused-ring (bicyclic) bond motifs is 1. The average Bonchev–Trinajstić information content (AvgIpc) is 2.81. The maximum Gasteiger partial charge on any atom is 0.330 e. The third-order valence-corrected chi connectivity index (χ3v) is 4.42. The zero-order valence-electron chi connectivity index (χ0n) is 17.5. The van der Waals surface area contributed by atoms with E-state index in [4.69, 9.17) is 23.7 Å². The highest BCUT2D eigenvalue weighted by molar-refractivity contribution is 5.93. The number of benzene rings is 3. The lowest BCUT2D eigenvalue weighted by Crippen LogP contribution is -2.28. The molecular weight excluding hydrogens is 396 g/mol. The molecule has 0 bridgehead atoms. The van der Waals surface area contributed by atoms with Crippen molar-refractivity contribution in [3.63, 3.8) is 0 Å². The molecule has 0 radical (unpaired) electrons. The van der Waals surface area contributed by atoms with Gasteiger partial charge in [0.1, 0.15) is 37.1 Å². The van der Waals surface area contributed by atoms with E-state index in [0.29, 0.717) is 19.0 Å². The highest BCUT2D eigenvalue weighted by Crippen LogP contribution is 2.33. The molecule has 0 N–H and O–H groups in total. The fraction of sp³-hybridized carbons (Fsp3) is 0.240. The number of methoxy groups -OCH3 is 1. The third kappa shape index (κ3) is 6.49. The van der Waals surface area contributed by atoms with Crippen LogP contribution in [0.15, 0.2) is 79.4 Å². The second-order valence-corrected chi connectivity index (χ2v) is 6.65. The molecule has 0 saturated heterocycles. The Morgan fingerprint density at radius 1 is 0.839 bits per heavy atom. The largest absolute Gasteiger partial charge is 0.490 e. The zero-order valence-corrected chi connectivity index (χ0v) is 17.5. The van der Waals surface area contributed by atoms with Gasteiger partial charge in [0.25, 0.3) is 0 Å². The quantitative estimate of drug-likeness (QED) is 0.245. The zero-order chi connectivity index (χ0) is 21.9. The summed E-state index contributed by atoms with van der Waals surface area (Å²) in [5.41, 5.74) is 0. The lowest BCUT2D eigenvalue weighted by atomic mass is 10.1. The van der Waals surface area contributed by atoms with E-state index < -0.39 is 12.1 Å². The fourth-order valence-corrected chi connectivity index (χ4v) is 3.02. The summed E-state index contributed by atoms with van der Waals surface area (Å²) < 4.78 is 27.9. The molecule has 0 spiro atoms. The molecule has 0 saturated carbocycles. The molecule has 0 aliphatic carbocycles. The van der Waals surface area contributed by atoms with E-state index in [2.05, 4.69) is 6.58 Å². The van der Waals surface area contributed by atoms with Crippen LogP contribution >= 0.6 is 0 Å². The van der Waals surface area contributed by atoms with E-state index in [-0.39, 0.29) is 13.2 Å². The van der Waals surface area contributed by atoms with Gasteiger partial charge in [-0.25, -0.2) is 4.79 Å². The van der Waals surface area contributed by atoms with Crippen molar-refractivity contribution < 1.29 is 28.5 Å². The van der Waals surface area contributed by atoms with Crippen LogP contribution < -0.4 is 14.2 Å². The molecule has 3 aromatic rings. The van der Waals surface area contributed by atoms with Crippen molar-refractivity contribution in [1.82, 2.24) is 0 Å². The van der Waals surface area contributed by atoms with Gasteiger partial charge in [0.15, 0.2) is 6.10 Å². The molecule has 1 atom stereocenters. The van der Waals surface area contributed by atoms with Crippen LogP contribution in [0.5, 0.6) is 17.2 Å². The minimum absolute atomic E-state index is 0.155. The SMILES string of the molecule is C=CC(=O)OC(COC)COc1ccc(OCCOc2ccccc2)c2ccccc12. The molecule has 6 heteroatoms.